The largest absolute Gasteiger partial charge is 0.366 e. The molecule has 0 saturated carbocycles. The summed E-state index contributed by atoms with van der Waals surface area (Å²) in [7, 11) is 2.85. The van der Waals surface area contributed by atoms with Crippen LogP contribution in [-0.2, 0) is 9.68 Å². The quantitative estimate of drug-likeness (QED) is 0.579. The average molecular weight is 148 g/mol. The van der Waals surface area contributed by atoms with Gasteiger partial charge in [-0.2, -0.15) is 0 Å². The predicted molar refractivity (Wildman–Crippen MR) is 34.9 cm³/mol. The van der Waals surface area contributed by atoms with Gasteiger partial charge in [-0.25, -0.2) is 14.5 Å². The van der Waals surface area contributed by atoms with Crippen molar-refractivity contribution in [1.29, 1.82) is 0 Å². The summed E-state index contributed by atoms with van der Waals surface area (Å²) < 4.78 is 0. The van der Waals surface area contributed by atoms with Gasteiger partial charge in [-0.3, -0.25) is 0 Å². The zero-order valence-electron chi connectivity index (χ0n) is 6.38. The number of carbonyl (C=O) groups excluding carboxylic acids is 1. The summed E-state index contributed by atoms with van der Waals surface area (Å²) in [4.78, 5) is 20.0. The van der Waals surface area contributed by atoms with Crippen molar-refractivity contribution in [2.75, 3.05) is 20.8 Å². The van der Waals surface area contributed by atoms with E-state index in [-0.39, 0.29) is 0 Å². The third kappa shape index (κ3) is 2.65. The van der Waals surface area contributed by atoms with Crippen molar-refractivity contribution in [1.82, 2.24) is 10.5 Å². The van der Waals surface area contributed by atoms with Crippen LogP contribution in [0.4, 0.5) is 4.79 Å². The molecule has 5 heteroatoms. The van der Waals surface area contributed by atoms with Crippen molar-refractivity contribution in [2.24, 2.45) is 0 Å². The highest BCUT2D eigenvalue weighted by Gasteiger charge is 2.09. The van der Waals surface area contributed by atoms with Gasteiger partial charge in [-0.05, 0) is 6.92 Å². The number of urea groups is 1. The van der Waals surface area contributed by atoms with Crippen molar-refractivity contribution in [3.8, 4) is 0 Å². The van der Waals surface area contributed by atoms with Crippen molar-refractivity contribution in [3.63, 3.8) is 0 Å². The molecule has 0 fully saturated rings. The minimum atomic E-state index is -0.427. The number of hydrogen-bond donors (Lipinski definition) is 1. The fraction of sp³-hybridized carbons (Fsp3) is 0.800. The first-order chi connectivity index (χ1) is 4.76. The summed E-state index contributed by atoms with van der Waals surface area (Å²) in [5, 5.41) is 3.12. The Morgan fingerprint density at radius 3 is 2.60 bits per heavy atom. The van der Waals surface area contributed by atoms with Crippen LogP contribution in [0.3, 0.4) is 0 Å². The second kappa shape index (κ2) is 5.01. The SMILES string of the molecule is CCON(OC)C(=O)NC. The number of hydroxylamine groups is 2. The van der Waals surface area contributed by atoms with Gasteiger partial charge < -0.3 is 5.32 Å². The molecule has 0 spiro atoms. The molecule has 0 saturated heterocycles. The van der Waals surface area contributed by atoms with E-state index in [1.807, 2.05) is 0 Å². The molecule has 0 aliphatic rings. The molecule has 60 valence electrons. The third-order valence-corrected chi connectivity index (χ3v) is 0.792. The molecule has 0 aliphatic heterocycles. The summed E-state index contributed by atoms with van der Waals surface area (Å²) in [6, 6.07) is -0.427. The number of nitrogens with one attached hydrogen (secondary N) is 1. The third-order valence-electron chi connectivity index (χ3n) is 0.792. The molecule has 0 aromatic heterocycles. The first-order valence-electron chi connectivity index (χ1n) is 2.95. The van der Waals surface area contributed by atoms with E-state index in [0.29, 0.717) is 6.61 Å². The molecule has 0 aromatic carbocycles. The van der Waals surface area contributed by atoms with Crippen LogP contribution >= 0.6 is 0 Å². The van der Waals surface area contributed by atoms with Crippen LogP contribution in [0.25, 0.3) is 0 Å². The number of carbonyl (C=O) groups is 1. The van der Waals surface area contributed by atoms with E-state index in [0.717, 1.165) is 5.23 Å². The summed E-state index contributed by atoms with van der Waals surface area (Å²) in [5.74, 6) is 0. The lowest BCUT2D eigenvalue weighted by Crippen LogP contribution is -2.37. The maximum absolute atomic E-state index is 10.7. The molecule has 10 heavy (non-hydrogen) atoms. The fourth-order valence-electron chi connectivity index (χ4n) is 0.403. The van der Waals surface area contributed by atoms with Crippen LogP contribution in [0, 0.1) is 0 Å². The number of nitrogens with zero attached hydrogens (tertiary/aromatic N) is 1. The van der Waals surface area contributed by atoms with Crippen molar-refractivity contribution >= 4 is 6.03 Å². The van der Waals surface area contributed by atoms with Crippen LogP contribution in [0.1, 0.15) is 6.92 Å². The van der Waals surface area contributed by atoms with E-state index in [4.69, 9.17) is 4.84 Å². The Kier molecular flexibility index (Phi) is 4.61. The molecule has 2 amide bonds. The molecule has 0 rings (SSSR count). The van der Waals surface area contributed by atoms with Crippen molar-refractivity contribution in [3.05, 3.63) is 0 Å². The monoisotopic (exact) mass is 148 g/mol. The molecule has 1 N–H and O–H groups in total. The molecule has 0 bridgehead atoms. The molecule has 0 radical (unpaired) electrons. The summed E-state index contributed by atoms with van der Waals surface area (Å²) in [5.41, 5.74) is 0. The van der Waals surface area contributed by atoms with E-state index >= 15 is 0 Å². The second-order valence-electron chi connectivity index (χ2n) is 1.41. The first kappa shape index (κ1) is 9.19. The Morgan fingerprint density at radius 2 is 2.30 bits per heavy atom. The highest BCUT2D eigenvalue weighted by atomic mass is 17.0. The van der Waals surface area contributed by atoms with Crippen LogP contribution in [0.15, 0.2) is 0 Å². The van der Waals surface area contributed by atoms with Gasteiger partial charge in [0.1, 0.15) is 0 Å². The first-order valence-corrected chi connectivity index (χ1v) is 2.95. The predicted octanol–water partition coefficient (Wildman–Crippen LogP) is 0.141. The van der Waals surface area contributed by atoms with Gasteiger partial charge in [0.15, 0.2) is 0 Å². The lowest BCUT2D eigenvalue weighted by Gasteiger charge is -2.15. The maximum atomic E-state index is 10.7. The van der Waals surface area contributed by atoms with Gasteiger partial charge in [0.05, 0.1) is 13.7 Å². The van der Waals surface area contributed by atoms with E-state index in [2.05, 4.69) is 10.2 Å². The Hall–Kier alpha value is -0.810. The van der Waals surface area contributed by atoms with Gasteiger partial charge in [-0.15, -0.1) is 0 Å². The zero-order chi connectivity index (χ0) is 7.98. The van der Waals surface area contributed by atoms with Gasteiger partial charge in [0.2, 0.25) is 0 Å². The topological polar surface area (TPSA) is 50.8 Å². The van der Waals surface area contributed by atoms with Crippen LogP contribution in [-0.4, -0.2) is 32.0 Å². The lowest BCUT2D eigenvalue weighted by atomic mass is 10.9. The molecule has 0 atom stereocenters. The summed E-state index contributed by atoms with van der Waals surface area (Å²) >= 11 is 0. The van der Waals surface area contributed by atoms with E-state index in [1.165, 1.54) is 14.2 Å². The van der Waals surface area contributed by atoms with E-state index < -0.39 is 6.03 Å². The Balaban J connectivity index is 3.68. The number of rotatable bonds is 3. The van der Waals surface area contributed by atoms with Gasteiger partial charge in [-0.1, -0.05) is 5.23 Å². The van der Waals surface area contributed by atoms with Crippen LogP contribution in [0.2, 0.25) is 0 Å². The van der Waals surface area contributed by atoms with Crippen molar-refractivity contribution < 1.29 is 14.5 Å². The smallest absolute Gasteiger partial charge is 0.337 e. The van der Waals surface area contributed by atoms with Crippen LogP contribution in [0.5, 0.6) is 0 Å². The molecule has 0 aliphatic carbocycles. The van der Waals surface area contributed by atoms with Crippen molar-refractivity contribution in [2.45, 2.75) is 6.92 Å². The zero-order valence-corrected chi connectivity index (χ0v) is 6.38. The Bertz CT molecular complexity index is 107. The fourth-order valence-corrected chi connectivity index (χ4v) is 0.403. The van der Waals surface area contributed by atoms with E-state index in [9.17, 15) is 4.79 Å². The Labute approximate surface area is 59.8 Å². The highest BCUT2D eigenvalue weighted by molar-refractivity contribution is 5.71. The van der Waals surface area contributed by atoms with Gasteiger partial charge in [0.25, 0.3) is 0 Å². The van der Waals surface area contributed by atoms with Gasteiger partial charge in [0, 0.05) is 7.05 Å². The lowest BCUT2D eigenvalue weighted by molar-refractivity contribution is -0.310. The van der Waals surface area contributed by atoms with Crippen LogP contribution < -0.4 is 5.32 Å². The molecule has 0 heterocycles. The van der Waals surface area contributed by atoms with E-state index in [1.54, 1.807) is 6.92 Å². The maximum Gasteiger partial charge on any atom is 0.366 e. The highest BCUT2D eigenvalue weighted by Crippen LogP contribution is 1.89. The molecule has 5 nitrogen and oxygen atoms in total. The average Bonchev–Trinajstić information content (AvgIpc) is 1.99. The molecule has 0 aromatic rings. The molecule has 0 unspecified atom stereocenters. The molecular formula is C5H12N2O3. The normalized spacial score (nSPS) is 9.10. The number of amides is 2. The van der Waals surface area contributed by atoms with Gasteiger partial charge >= 0.3 is 6.03 Å². The summed E-state index contributed by atoms with van der Waals surface area (Å²) in [6.07, 6.45) is 0. The Morgan fingerprint density at radius 1 is 1.70 bits per heavy atom. The second-order valence-corrected chi connectivity index (χ2v) is 1.41. The standard InChI is InChI=1S/C5H12N2O3/c1-4-10-7(9-3)5(8)6-2/h4H2,1-3H3,(H,6,8). The molecular weight excluding hydrogens is 136 g/mol. The summed E-state index contributed by atoms with van der Waals surface area (Å²) in [6.45, 7) is 2.15. The minimum Gasteiger partial charge on any atom is -0.337 e. The number of hydrogen-bond acceptors (Lipinski definition) is 3. The minimum absolute atomic E-state index is 0.390.